The molecule has 2 aromatic rings. The topological polar surface area (TPSA) is 59.9 Å². The summed E-state index contributed by atoms with van der Waals surface area (Å²) in [5.74, 6) is 0.0399. The lowest BCUT2D eigenvalue weighted by atomic mass is 10.0. The Hall–Kier alpha value is -2.89. The van der Waals surface area contributed by atoms with Gasteiger partial charge in [0.25, 0.3) is 5.91 Å². The minimum atomic E-state index is -0.707. The molecule has 118 valence electrons. The summed E-state index contributed by atoms with van der Waals surface area (Å²) < 4.78 is 18.0. The number of oxime groups is 1. The van der Waals surface area contributed by atoms with Crippen LogP contribution >= 0.6 is 0 Å². The molecule has 0 spiro atoms. The first-order chi connectivity index (χ1) is 11.2. The summed E-state index contributed by atoms with van der Waals surface area (Å²) in [4.78, 5) is 17.4. The molecule has 1 N–H and O–H groups in total. The van der Waals surface area contributed by atoms with Crippen LogP contribution in [0.15, 0.2) is 53.7 Å². The third-order valence-corrected chi connectivity index (χ3v) is 3.48. The molecule has 1 heterocycles. The molecule has 0 aliphatic carbocycles. The number of hydrogen-bond donors (Lipinski definition) is 1. The lowest BCUT2D eigenvalue weighted by Crippen LogP contribution is -2.28. The van der Waals surface area contributed by atoms with Gasteiger partial charge in [0.1, 0.15) is 11.6 Å². The second-order valence-corrected chi connectivity index (χ2v) is 5.06. The number of methoxy groups -OCH3 is 1. The Labute approximate surface area is 132 Å². The summed E-state index contributed by atoms with van der Waals surface area (Å²) in [7, 11) is 1.56. The Morgan fingerprint density at radius 3 is 2.83 bits per heavy atom. The highest BCUT2D eigenvalue weighted by Crippen LogP contribution is 2.20. The third-order valence-electron chi connectivity index (χ3n) is 3.48. The van der Waals surface area contributed by atoms with E-state index < -0.39 is 6.10 Å². The van der Waals surface area contributed by atoms with Crippen molar-refractivity contribution in [2.45, 2.75) is 12.5 Å². The normalized spacial score (nSPS) is 16.4. The molecule has 0 fully saturated rings. The van der Waals surface area contributed by atoms with Crippen LogP contribution in [0.5, 0.6) is 5.75 Å². The van der Waals surface area contributed by atoms with Gasteiger partial charge in [0.2, 0.25) is 6.10 Å². The molecule has 5 nitrogen and oxygen atoms in total. The van der Waals surface area contributed by atoms with Crippen LogP contribution in [0.25, 0.3) is 0 Å². The molecule has 1 unspecified atom stereocenters. The van der Waals surface area contributed by atoms with E-state index in [1.54, 1.807) is 43.5 Å². The standard InChI is InChI=1S/C17H15FN2O3/c1-22-14-4-2-3-13(9-14)19-17(21)16-10-15(20-23-16)11-5-7-12(18)8-6-11/h2-9,16H,10H2,1H3,(H,19,21). The zero-order chi connectivity index (χ0) is 16.2. The van der Waals surface area contributed by atoms with Gasteiger partial charge in [0.15, 0.2) is 0 Å². The van der Waals surface area contributed by atoms with E-state index in [2.05, 4.69) is 10.5 Å². The number of carbonyl (C=O) groups excluding carboxylic acids is 1. The minimum Gasteiger partial charge on any atom is -0.497 e. The first kappa shape index (κ1) is 15.0. The Bertz CT molecular complexity index is 744. The monoisotopic (exact) mass is 314 g/mol. The number of halogens is 1. The van der Waals surface area contributed by atoms with Crippen LogP contribution in [0, 0.1) is 5.82 Å². The molecule has 0 aromatic heterocycles. The number of ether oxygens (including phenoxy) is 1. The molecule has 6 heteroatoms. The maximum atomic E-state index is 12.9. The SMILES string of the molecule is COc1cccc(NC(=O)C2CC(c3ccc(F)cc3)=NO2)c1. The molecular formula is C17H15FN2O3. The second kappa shape index (κ2) is 6.48. The zero-order valence-corrected chi connectivity index (χ0v) is 12.5. The molecule has 3 rings (SSSR count). The smallest absolute Gasteiger partial charge is 0.268 e. The van der Waals surface area contributed by atoms with Crippen molar-refractivity contribution in [3.05, 3.63) is 59.9 Å². The Kier molecular flexibility index (Phi) is 4.23. The maximum Gasteiger partial charge on any atom is 0.268 e. The van der Waals surface area contributed by atoms with E-state index in [-0.39, 0.29) is 11.7 Å². The van der Waals surface area contributed by atoms with E-state index in [0.717, 1.165) is 5.56 Å². The van der Waals surface area contributed by atoms with E-state index in [9.17, 15) is 9.18 Å². The van der Waals surface area contributed by atoms with Gasteiger partial charge in [-0.1, -0.05) is 23.4 Å². The Morgan fingerprint density at radius 2 is 2.09 bits per heavy atom. The second-order valence-electron chi connectivity index (χ2n) is 5.06. The van der Waals surface area contributed by atoms with Gasteiger partial charge in [-0.2, -0.15) is 0 Å². The first-order valence-corrected chi connectivity index (χ1v) is 7.09. The Balaban J connectivity index is 1.63. The first-order valence-electron chi connectivity index (χ1n) is 7.09. The molecule has 0 radical (unpaired) electrons. The number of benzene rings is 2. The predicted octanol–water partition coefficient (Wildman–Crippen LogP) is 2.97. The Morgan fingerprint density at radius 1 is 1.30 bits per heavy atom. The number of nitrogens with one attached hydrogen (secondary N) is 1. The van der Waals surface area contributed by atoms with Gasteiger partial charge in [-0.25, -0.2) is 4.39 Å². The number of rotatable bonds is 4. The lowest BCUT2D eigenvalue weighted by molar-refractivity contribution is -0.125. The highest BCUT2D eigenvalue weighted by atomic mass is 19.1. The summed E-state index contributed by atoms with van der Waals surface area (Å²) in [5.41, 5.74) is 1.98. The number of carbonyl (C=O) groups is 1. The number of anilines is 1. The molecule has 1 atom stereocenters. The fourth-order valence-corrected chi connectivity index (χ4v) is 2.25. The molecule has 1 aliphatic rings. The van der Waals surface area contributed by atoms with Crippen molar-refractivity contribution < 1.29 is 18.8 Å². The van der Waals surface area contributed by atoms with Gasteiger partial charge in [-0.05, 0) is 29.8 Å². The van der Waals surface area contributed by atoms with Crippen LogP contribution in [0.2, 0.25) is 0 Å². The molecule has 1 aliphatic heterocycles. The van der Waals surface area contributed by atoms with Crippen LogP contribution in [0.4, 0.5) is 10.1 Å². The lowest BCUT2D eigenvalue weighted by Gasteiger charge is -2.10. The molecule has 0 saturated carbocycles. The molecular weight excluding hydrogens is 299 g/mol. The minimum absolute atomic E-state index is 0.292. The fourth-order valence-electron chi connectivity index (χ4n) is 2.25. The number of amides is 1. The quantitative estimate of drug-likeness (QED) is 0.944. The van der Waals surface area contributed by atoms with Crippen molar-refractivity contribution in [2.75, 3.05) is 12.4 Å². The molecule has 1 amide bonds. The zero-order valence-electron chi connectivity index (χ0n) is 12.5. The van der Waals surface area contributed by atoms with Crippen LogP contribution in [0.1, 0.15) is 12.0 Å². The molecule has 23 heavy (non-hydrogen) atoms. The van der Waals surface area contributed by atoms with Gasteiger partial charge in [0.05, 0.1) is 12.8 Å². The predicted molar refractivity (Wildman–Crippen MR) is 84.1 cm³/mol. The summed E-state index contributed by atoms with van der Waals surface area (Å²) in [6.07, 6.45) is -0.372. The van der Waals surface area contributed by atoms with Gasteiger partial charge in [0, 0.05) is 18.2 Å². The van der Waals surface area contributed by atoms with Crippen molar-refractivity contribution in [3.8, 4) is 5.75 Å². The van der Waals surface area contributed by atoms with E-state index in [1.165, 1.54) is 12.1 Å². The van der Waals surface area contributed by atoms with E-state index >= 15 is 0 Å². The van der Waals surface area contributed by atoms with Crippen LogP contribution in [-0.4, -0.2) is 24.8 Å². The molecule has 0 saturated heterocycles. The maximum absolute atomic E-state index is 12.9. The highest BCUT2D eigenvalue weighted by molar-refractivity contribution is 6.06. The summed E-state index contributed by atoms with van der Waals surface area (Å²) >= 11 is 0. The van der Waals surface area contributed by atoms with Crippen molar-refractivity contribution in [3.63, 3.8) is 0 Å². The van der Waals surface area contributed by atoms with Crippen molar-refractivity contribution in [1.82, 2.24) is 0 Å². The molecule has 0 bridgehead atoms. The fraction of sp³-hybridized carbons (Fsp3) is 0.176. The summed E-state index contributed by atoms with van der Waals surface area (Å²) in [6, 6.07) is 13.0. The van der Waals surface area contributed by atoms with Gasteiger partial charge in [-0.3, -0.25) is 4.79 Å². The van der Waals surface area contributed by atoms with Gasteiger partial charge in [-0.15, -0.1) is 0 Å². The van der Waals surface area contributed by atoms with Gasteiger partial charge < -0.3 is 14.9 Å². The summed E-state index contributed by atoms with van der Waals surface area (Å²) in [5, 5.41) is 6.68. The van der Waals surface area contributed by atoms with E-state index in [1.807, 2.05) is 0 Å². The molecule has 2 aromatic carbocycles. The van der Waals surface area contributed by atoms with Crippen LogP contribution in [0.3, 0.4) is 0 Å². The van der Waals surface area contributed by atoms with E-state index in [4.69, 9.17) is 9.57 Å². The van der Waals surface area contributed by atoms with Crippen molar-refractivity contribution in [2.24, 2.45) is 5.16 Å². The summed E-state index contributed by atoms with van der Waals surface area (Å²) in [6.45, 7) is 0. The number of hydrogen-bond acceptors (Lipinski definition) is 4. The van der Waals surface area contributed by atoms with Crippen molar-refractivity contribution in [1.29, 1.82) is 0 Å². The average molecular weight is 314 g/mol. The van der Waals surface area contributed by atoms with Crippen molar-refractivity contribution >= 4 is 17.3 Å². The largest absolute Gasteiger partial charge is 0.497 e. The average Bonchev–Trinajstić information content (AvgIpc) is 3.06. The van der Waals surface area contributed by atoms with Crippen LogP contribution in [-0.2, 0) is 9.63 Å². The third kappa shape index (κ3) is 3.48. The van der Waals surface area contributed by atoms with Crippen LogP contribution < -0.4 is 10.1 Å². The number of nitrogens with zero attached hydrogens (tertiary/aromatic N) is 1. The van der Waals surface area contributed by atoms with E-state index in [0.29, 0.717) is 23.6 Å². The highest BCUT2D eigenvalue weighted by Gasteiger charge is 2.29. The van der Waals surface area contributed by atoms with Gasteiger partial charge >= 0.3 is 0 Å².